The Balaban J connectivity index is 1.90. The Morgan fingerprint density at radius 1 is 1.47 bits per heavy atom. The van der Waals surface area contributed by atoms with Gasteiger partial charge < -0.3 is 0 Å². The first kappa shape index (κ1) is 9.78. The van der Waals surface area contributed by atoms with E-state index >= 15 is 0 Å². The van der Waals surface area contributed by atoms with Crippen molar-refractivity contribution in [3.8, 4) is 0 Å². The topological polar surface area (TPSA) is 33.2 Å². The zero-order valence-corrected chi connectivity index (χ0v) is 10.6. The zero-order valence-electron chi connectivity index (χ0n) is 8.20. The molecule has 2 aliphatic rings. The van der Waals surface area contributed by atoms with Crippen molar-refractivity contribution in [2.45, 2.75) is 30.5 Å². The minimum absolute atomic E-state index is 0.00348. The predicted molar refractivity (Wildman–Crippen MR) is 63.8 cm³/mol. The molecule has 5 heteroatoms. The summed E-state index contributed by atoms with van der Waals surface area (Å²) >= 11 is 5.08. The van der Waals surface area contributed by atoms with Gasteiger partial charge in [-0.15, -0.1) is 11.3 Å². The molecular weight excluding hydrogens is 276 g/mol. The van der Waals surface area contributed by atoms with E-state index in [1.165, 1.54) is 17.0 Å². The van der Waals surface area contributed by atoms with Crippen LogP contribution in [-0.2, 0) is 17.6 Å². The number of aryl methyl sites for hydroxylation is 2. The van der Waals surface area contributed by atoms with Gasteiger partial charge in [-0.25, -0.2) is 4.98 Å². The number of carbonyl (C=O) groups is 1. The Kier molecular flexibility index (Phi) is 2.32. The molecule has 1 aliphatic carbocycles. The second-order valence-corrected chi connectivity index (χ2v) is 6.13. The highest BCUT2D eigenvalue weighted by Crippen LogP contribution is 2.35. The number of aromatic nitrogens is 1. The van der Waals surface area contributed by atoms with Gasteiger partial charge in [-0.05, 0) is 25.7 Å². The van der Waals surface area contributed by atoms with Crippen LogP contribution in [0.25, 0.3) is 0 Å². The highest BCUT2D eigenvalue weighted by molar-refractivity contribution is 9.10. The molecule has 0 bridgehead atoms. The summed E-state index contributed by atoms with van der Waals surface area (Å²) in [7, 11) is 0. The standard InChI is InChI=1S/C10H11BrN2OS/c11-6-4-5-13(9(6)14)10-12-7-2-1-3-8(7)15-10/h6H,1-5H2. The van der Waals surface area contributed by atoms with E-state index in [4.69, 9.17) is 0 Å². The molecule has 1 saturated heterocycles. The van der Waals surface area contributed by atoms with Crippen LogP contribution in [0.4, 0.5) is 5.13 Å². The Hall–Kier alpha value is -0.420. The van der Waals surface area contributed by atoms with Gasteiger partial charge in [-0.2, -0.15) is 0 Å². The third-order valence-corrected chi connectivity index (χ3v) is 4.99. The minimum atomic E-state index is -0.00348. The normalized spacial score (nSPS) is 25.0. The smallest absolute Gasteiger partial charge is 0.242 e. The zero-order chi connectivity index (χ0) is 10.4. The fourth-order valence-electron chi connectivity index (χ4n) is 2.13. The fraction of sp³-hybridized carbons (Fsp3) is 0.600. The molecule has 2 heterocycles. The molecule has 0 aromatic carbocycles. The summed E-state index contributed by atoms with van der Waals surface area (Å²) in [5, 5.41) is 0.909. The van der Waals surface area contributed by atoms with Crippen LogP contribution in [0.3, 0.4) is 0 Å². The highest BCUT2D eigenvalue weighted by Gasteiger charge is 2.33. The van der Waals surface area contributed by atoms with Crippen molar-refractivity contribution in [1.82, 2.24) is 4.98 Å². The molecule has 3 rings (SSSR count). The number of fused-ring (bicyclic) bond motifs is 1. The Labute approximate surface area is 101 Å². The molecule has 0 spiro atoms. The van der Waals surface area contributed by atoms with Gasteiger partial charge in [-0.3, -0.25) is 9.69 Å². The lowest BCUT2D eigenvalue weighted by atomic mass is 10.4. The van der Waals surface area contributed by atoms with Gasteiger partial charge in [0, 0.05) is 11.4 Å². The van der Waals surface area contributed by atoms with Gasteiger partial charge in [0.2, 0.25) is 5.91 Å². The average Bonchev–Trinajstić information content (AvgIpc) is 2.82. The van der Waals surface area contributed by atoms with Crippen molar-refractivity contribution in [2.75, 3.05) is 11.4 Å². The van der Waals surface area contributed by atoms with Crippen molar-refractivity contribution in [1.29, 1.82) is 0 Å². The maximum atomic E-state index is 11.8. The van der Waals surface area contributed by atoms with Gasteiger partial charge in [0.05, 0.1) is 10.5 Å². The lowest BCUT2D eigenvalue weighted by Crippen LogP contribution is -2.26. The molecule has 1 aliphatic heterocycles. The first-order chi connectivity index (χ1) is 7.25. The second kappa shape index (κ2) is 3.56. The maximum Gasteiger partial charge on any atom is 0.242 e. The molecule has 0 radical (unpaired) electrons. The fourth-order valence-corrected chi connectivity index (χ4v) is 3.76. The van der Waals surface area contributed by atoms with Gasteiger partial charge >= 0.3 is 0 Å². The van der Waals surface area contributed by atoms with E-state index in [1.54, 1.807) is 11.3 Å². The van der Waals surface area contributed by atoms with E-state index in [9.17, 15) is 4.79 Å². The first-order valence-electron chi connectivity index (χ1n) is 5.20. The second-order valence-electron chi connectivity index (χ2n) is 3.97. The number of thiazole rings is 1. The molecule has 1 aromatic heterocycles. The van der Waals surface area contributed by atoms with Crippen LogP contribution in [-0.4, -0.2) is 22.3 Å². The van der Waals surface area contributed by atoms with E-state index in [-0.39, 0.29) is 10.7 Å². The first-order valence-corrected chi connectivity index (χ1v) is 6.93. The van der Waals surface area contributed by atoms with Gasteiger partial charge in [0.1, 0.15) is 0 Å². The van der Waals surface area contributed by atoms with Gasteiger partial charge in [-0.1, -0.05) is 15.9 Å². The van der Waals surface area contributed by atoms with E-state index < -0.39 is 0 Å². The van der Waals surface area contributed by atoms with Crippen molar-refractivity contribution in [3.63, 3.8) is 0 Å². The van der Waals surface area contributed by atoms with E-state index in [1.807, 2.05) is 4.90 Å². The number of halogens is 1. The van der Waals surface area contributed by atoms with E-state index in [2.05, 4.69) is 20.9 Å². The molecule has 80 valence electrons. The number of anilines is 1. The summed E-state index contributed by atoms with van der Waals surface area (Å²) in [6.45, 7) is 0.807. The molecule has 1 aromatic rings. The SMILES string of the molecule is O=C1C(Br)CCN1c1nc2c(s1)CCC2. The summed E-state index contributed by atoms with van der Waals surface area (Å²) < 4.78 is 0. The third kappa shape index (κ3) is 1.52. The van der Waals surface area contributed by atoms with Crippen LogP contribution in [0.1, 0.15) is 23.4 Å². The monoisotopic (exact) mass is 286 g/mol. The maximum absolute atomic E-state index is 11.8. The average molecular weight is 287 g/mol. The number of amides is 1. The molecule has 0 N–H and O–H groups in total. The molecule has 1 atom stereocenters. The van der Waals surface area contributed by atoms with Crippen LogP contribution >= 0.6 is 27.3 Å². The Morgan fingerprint density at radius 2 is 2.33 bits per heavy atom. The molecule has 0 saturated carbocycles. The van der Waals surface area contributed by atoms with Crippen molar-refractivity contribution in [2.24, 2.45) is 0 Å². The minimum Gasteiger partial charge on any atom is -0.287 e. The van der Waals surface area contributed by atoms with Gasteiger partial charge in [0.15, 0.2) is 5.13 Å². The lowest BCUT2D eigenvalue weighted by molar-refractivity contribution is -0.116. The summed E-state index contributed by atoms with van der Waals surface area (Å²) in [6.07, 6.45) is 4.35. The largest absolute Gasteiger partial charge is 0.287 e. The lowest BCUT2D eigenvalue weighted by Gasteiger charge is -2.11. The summed E-state index contributed by atoms with van der Waals surface area (Å²) in [4.78, 5) is 19.5. The molecule has 1 fully saturated rings. The Morgan fingerprint density at radius 3 is 3.00 bits per heavy atom. The van der Waals surface area contributed by atoms with E-state index in [0.717, 1.165) is 30.9 Å². The number of nitrogens with zero attached hydrogens (tertiary/aromatic N) is 2. The third-order valence-electron chi connectivity index (χ3n) is 2.96. The van der Waals surface area contributed by atoms with Crippen molar-refractivity contribution >= 4 is 38.3 Å². The highest BCUT2D eigenvalue weighted by atomic mass is 79.9. The van der Waals surface area contributed by atoms with Crippen LogP contribution in [0.5, 0.6) is 0 Å². The molecule has 1 amide bonds. The van der Waals surface area contributed by atoms with Crippen molar-refractivity contribution in [3.05, 3.63) is 10.6 Å². The van der Waals surface area contributed by atoms with Crippen LogP contribution in [0.15, 0.2) is 0 Å². The summed E-state index contributed by atoms with van der Waals surface area (Å²) in [6, 6.07) is 0. The molecular formula is C10H11BrN2OS. The summed E-state index contributed by atoms with van der Waals surface area (Å²) in [5.41, 5.74) is 1.22. The number of hydrogen-bond acceptors (Lipinski definition) is 3. The molecule has 3 nitrogen and oxygen atoms in total. The van der Waals surface area contributed by atoms with Crippen LogP contribution < -0.4 is 4.90 Å². The van der Waals surface area contributed by atoms with Crippen LogP contribution in [0, 0.1) is 0 Å². The van der Waals surface area contributed by atoms with Crippen LogP contribution in [0.2, 0.25) is 0 Å². The van der Waals surface area contributed by atoms with Crippen molar-refractivity contribution < 1.29 is 4.79 Å². The molecule has 15 heavy (non-hydrogen) atoms. The predicted octanol–water partition coefficient (Wildman–Crippen LogP) is 2.13. The number of rotatable bonds is 1. The number of carbonyl (C=O) groups excluding carboxylic acids is 1. The van der Waals surface area contributed by atoms with E-state index in [0.29, 0.717) is 0 Å². The van der Waals surface area contributed by atoms with Gasteiger partial charge in [0.25, 0.3) is 0 Å². The quantitative estimate of drug-likeness (QED) is 0.741. The Bertz CT molecular complexity index is 396. The number of hydrogen-bond donors (Lipinski definition) is 0. The number of alkyl halides is 1. The summed E-state index contributed by atoms with van der Waals surface area (Å²) in [5.74, 6) is 0.169. The molecule has 1 unspecified atom stereocenters.